The largest absolute Gasteiger partial charge is 0.354 e. The van der Waals surface area contributed by atoms with Crippen molar-refractivity contribution < 1.29 is 14.4 Å². The summed E-state index contributed by atoms with van der Waals surface area (Å²) < 4.78 is 0. The number of hydrogen-bond donors (Lipinski definition) is 1. The lowest BCUT2D eigenvalue weighted by atomic mass is 9.94. The Hall–Kier alpha value is -2.05. The van der Waals surface area contributed by atoms with E-state index in [-0.39, 0.29) is 36.1 Å². The van der Waals surface area contributed by atoms with E-state index in [2.05, 4.69) is 11.4 Å². The van der Waals surface area contributed by atoms with Crippen LogP contribution in [0.3, 0.4) is 0 Å². The molecule has 1 fully saturated rings. The number of halogens is 1. The van der Waals surface area contributed by atoms with Crippen LogP contribution in [0.2, 0.25) is 5.02 Å². The summed E-state index contributed by atoms with van der Waals surface area (Å²) in [6.07, 6.45) is 8.28. The number of rotatable bonds is 5. The lowest BCUT2D eigenvalue weighted by molar-refractivity contribution is -0.126. The van der Waals surface area contributed by atoms with Crippen LogP contribution in [0.25, 0.3) is 6.08 Å². The number of thioether (sulfide) groups is 1. The third kappa shape index (κ3) is 4.56. The van der Waals surface area contributed by atoms with Gasteiger partial charge >= 0.3 is 0 Å². The molecule has 136 valence electrons. The Kier molecular flexibility index (Phi) is 6.16. The number of hydrogen-bond acceptors (Lipinski definition) is 4. The number of carbonyl (C=O) groups excluding carboxylic acids is 3. The number of nitrogens with zero attached hydrogens (tertiary/aromatic N) is 1. The maximum atomic E-state index is 12.4. The van der Waals surface area contributed by atoms with E-state index in [0.29, 0.717) is 9.93 Å². The van der Waals surface area contributed by atoms with E-state index < -0.39 is 0 Å². The van der Waals surface area contributed by atoms with Gasteiger partial charge in [-0.3, -0.25) is 19.3 Å². The third-order valence-corrected chi connectivity index (χ3v) is 5.48. The van der Waals surface area contributed by atoms with E-state index >= 15 is 0 Å². The van der Waals surface area contributed by atoms with Gasteiger partial charge in [-0.15, -0.1) is 0 Å². The third-order valence-electron chi connectivity index (χ3n) is 4.32. The summed E-state index contributed by atoms with van der Waals surface area (Å²) in [6.45, 7) is 0.447. The first kappa shape index (κ1) is 18.7. The molecule has 3 amide bonds. The van der Waals surface area contributed by atoms with E-state index in [4.69, 9.17) is 11.6 Å². The minimum atomic E-state index is -0.329. The Labute approximate surface area is 161 Å². The molecule has 1 unspecified atom stereocenters. The van der Waals surface area contributed by atoms with Crippen LogP contribution in [0.5, 0.6) is 0 Å². The molecule has 0 saturated carbocycles. The highest BCUT2D eigenvalue weighted by Crippen LogP contribution is 2.32. The summed E-state index contributed by atoms with van der Waals surface area (Å²) in [5.74, 6) is -0.359. The maximum absolute atomic E-state index is 12.4. The molecule has 7 heteroatoms. The fraction of sp³-hybridized carbons (Fsp3) is 0.316. The molecule has 1 aliphatic heterocycles. The first-order valence-corrected chi connectivity index (χ1v) is 9.67. The standard InChI is InChI=1S/C19H19ClN2O3S/c20-15-8-6-13(7-9-15)12-16-18(24)22(19(25)26-16)11-10-21-17(23)14-4-2-1-3-5-14/h1-2,6-9,12,14H,3-5,10-11H2,(H,21,23)/b16-12+. The van der Waals surface area contributed by atoms with Gasteiger partial charge in [-0.1, -0.05) is 35.9 Å². The van der Waals surface area contributed by atoms with Crippen molar-refractivity contribution in [3.05, 3.63) is 51.9 Å². The monoisotopic (exact) mass is 390 g/mol. The van der Waals surface area contributed by atoms with Gasteiger partial charge in [-0.25, -0.2) is 0 Å². The van der Waals surface area contributed by atoms with Crippen molar-refractivity contribution in [3.63, 3.8) is 0 Å². The first-order valence-electron chi connectivity index (χ1n) is 8.48. The normalized spacial score (nSPS) is 21.5. The lowest BCUT2D eigenvalue weighted by Crippen LogP contribution is -2.39. The van der Waals surface area contributed by atoms with E-state index in [1.807, 2.05) is 6.08 Å². The second-order valence-corrected chi connectivity index (χ2v) is 7.59. The van der Waals surface area contributed by atoms with Gasteiger partial charge in [0.25, 0.3) is 11.1 Å². The van der Waals surface area contributed by atoms with Gasteiger partial charge in [0.15, 0.2) is 0 Å². The summed E-state index contributed by atoms with van der Waals surface area (Å²) in [6, 6.07) is 7.03. The summed E-state index contributed by atoms with van der Waals surface area (Å²) >= 11 is 6.76. The highest BCUT2D eigenvalue weighted by Gasteiger charge is 2.34. The number of allylic oxidation sites excluding steroid dienone is 2. The van der Waals surface area contributed by atoms with Crippen molar-refractivity contribution in [2.24, 2.45) is 5.92 Å². The zero-order chi connectivity index (χ0) is 18.5. The van der Waals surface area contributed by atoms with E-state index in [1.165, 1.54) is 4.90 Å². The molecule has 3 rings (SSSR count). The molecule has 1 aromatic rings. The smallest absolute Gasteiger partial charge is 0.293 e. The van der Waals surface area contributed by atoms with Crippen molar-refractivity contribution in [3.8, 4) is 0 Å². The molecule has 26 heavy (non-hydrogen) atoms. The van der Waals surface area contributed by atoms with Crippen molar-refractivity contribution in [1.29, 1.82) is 0 Å². The lowest BCUT2D eigenvalue weighted by Gasteiger charge is -2.18. The fourth-order valence-electron chi connectivity index (χ4n) is 2.87. The Morgan fingerprint density at radius 3 is 2.73 bits per heavy atom. The van der Waals surface area contributed by atoms with Gasteiger partial charge < -0.3 is 5.32 Å². The molecule has 0 aromatic heterocycles. The second kappa shape index (κ2) is 8.56. The van der Waals surface area contributed by atoms with Crippen LogP contribution >= 0.6 is 23.4 Å². The minimum absolute atomic E-state index is 0.0142. The highest BCUT2D eigenvalue weighted by atomic mass is 35.5. The van der Waals surface area contributed by atoms with Crippen LogP contribution in [0, 0.1) is 5.92 Å². The molecule has 2 aliphatic rings. The van der Waals surface area contributed by atoms with Crippen molar-refractivity contribution in [2.45, 2.75) is 19.3 Å². The predicted octanol–water partition coefficient (Wildman–Crippen LogP) is 3.85. The molecular weight excluding hydrogens is 372 g/mol. The topological polar surface area (TPSA) is 66.5 Å². The van der Waals surface area contributed by atoms with Crippen LogP contribution in [-0.2, 0) is 9.59 Å². The Balaban J connectivity index is 1.54. The summed E-state index contributed by atoms with van der Waals surface area (Å²) in [7, 11) is 0. The molecule has 5 nitrogen and oxygen atoms in total. The van der Waals surface area contributed by atoms with Crippen molar-refractivity contribution >= 4 is 46.5 Å². The molecule has 1 saturated heterocycles. The van der Waals surface area contributed by atoms with Crippen LogP contribution < -0.4 is 5.32 Å². The SMILES string of the molecule is O=C(NCCN1C(=O)S/C(=C/c2ccc(Cl)cc2)C1=O)C1CC=CCC1. The fourth-order valence-corrected chi connectivity index (χ4v) is 3.86. The van der Waals surface area contributed by atoms with Crippen LogP contribution in [0.1, 0.15) is 24.8 Å². The van der Waals surface area contributed by atoms with Gasteiger partial charge in [0.05, 0.1) is 4.91 Å². The van der Waals surface area contributed by atoms with Crippen LogP contribution in [-0.4, -0.2) is 35.0 Å². The number of imide groups is 1. The zero-order valence-corrected chi connectivity index (χ0v) is 15.7. The molecular formula is C19H19ClN2O3S. The first-order chi connectivity index (χ1) is 12.5. The second-order valence-electron chi connectivity index (χ2n) is 6.16. The Morgan fingerprint density at radius 2 is 2.04 bits per heavy atom. The molecule has 0 radical (unpaired) electrons. The number of benzene rings is 1. The van der Waals surface area contributed by atoms with E-state index in [9.17, 15) is 14.4 Å². The molecule has 1 aliphatic carbocycles. The van der Waals surface area contributed by atoms with Crippen molar-refractivity contribution in [1.82, 2.24) is 10.2 Å². The number of amides is 3. The summed E-state index contributed by atoms with van der Waals surface area (Å²) in [5, 5.41) is 3.12. The van der Waals surface area contributed by atoms with Gasteiger partial charge in [0.1, 0.15) is 0 Å². The molecule has 0 bridgehead atoms. The predicted molar refractivity (Wildman–Crippen MR) is 104 cm³/mol. The molecule has 0 spiro atoms. The van der Waals surface area contributed by atoms with E-state index in [1.54, 1.807) is 30.3 Å². The molecule has 1 heterocycles. The average molecular weight is 391 g/mol. The van der Waals surface area contributed by atoms with Gasteiger partial charge in [-0.05, 0) is 54.8 Å². The minimum Gasteiger partial charge on any atom is -0.354 e. The van der Waals surface area contributed by atoms with Crippen LogP contribution in [0.15, 0.2) is 41.3 Å². The van der Waals surface area contributed by atoms with Gasteiger partial charge in [0, 0.05) is 24.0 Å². The summed E-state index contributed by atoms with van der Waals surface area (Å²) in [5.41, 5.74) is 0.804. The summed E-state index contributed by atoms with van der Waals surface area (Å²) in [4.78, 5) is 38.2. The zero-order valence-electron chi connectivity index (χ0n) is 14.1. The molecule has 1 aromatic carbocycles. The molecule has 1 N–H and O–H groups in total. The number of carbonyl (C=O) groups is 3. The van der Waals surface area contributed by atoms with Gasteiger partial charge in [0.2, 0.25) is 5.91 Å². The van der Waals surface area contributed by atoms with E-state index in [0.717, 1.165) is 36.6 Å². The van der Waals surface area contributed by atoms with Crippen LogP contribution in [0.4, 0.5) is 4.79 Å². The Morgan fingerprint density at radius 1 is 1.27 bits per heavy atom. The average Bonchev–Trinajstić information content (AvgIpc) is 2.91. The Bertz CT molecular complexity index is 773. The van der Waals surface area contributed by atoms with Gasteiger partial charge in [-0.2, -0.15) is 0 Å². The quantitative estimate of drug-likeness (QED) is 0.612. The maximum Gasteiger partial charge on any atom is 0.293 e. The molecule has 1 atom stereocenters. The van der Waals surface area contributed by atoms with Crippen molar-refractivity contribution in [2.75, 3.05) is 13.1 Å². The number of nitrogens with one attached hydrogen (secondary N) is 1. The highest BCUT2D eigenvalue weighted by molar-refractivity contribution is 8.18.